The molecule has 26 heavy (non-hydrogen) atoms. The van der Waals surface area contributed by atoms with Crippen LogP contribution in [0.5, 0.6) is 5.75 Å². The molecule has 1 aromatic rings. The highest BCUT2D eigenvalue weighted by Gasteiger charge is 2.21. The van der Waals surface area contributed by atoms with Gasteiger partial charge in [-0.05, 0) is 56.5 Å². The van der Waals surface area contributed by atoms with Gasteiger partial charge in [0, 0.05) is 33.2 Å². The zero-order chi connectivity index (χ0) is 18.1. The summed E-state index contributed by atoms with van der Waals surface area (Å²) < 4.78 is 5.23. The second-order valence-electron chi connectivity index (χ2n) is 6.85. The van der Waals surface area contributed by atoms with E-state index in [1.807, 2.05) is 12.1 Å². The van der Waals surface area contributed by atoms with E-state index in [4.69, 9.17) is 9.73 Å². The lowest BCUT2D eigenvalue weighted by molar-refractivity contribution is 0.326. The lowest BCUT2D eigenvalue weighted by atomic mass is 10.1. The number of nitrogens with zero attached hydrogens (tertiary/aromatic N) is 3. The average molecular weight is 474 g/mol. The molecule has 1 aliphatic heterocycles. The first-order chi connectivity index (χ1) is 12.2. The highest BCUT2D eigenvalue weighted by Crippen LogP contribution is 2.17. The highest BCUT2D eigenvalue weighted by atomic mass is 127. The number of hydrogen-bond acceptors (Lipinski definition) is 3. The van der Waals surface area contributed by atoms with Crippen LogP contribution >= 0.6 is 24.0 Å². The first-order valence-electron chi connectivity index (χ1n) is 9.51. The van der Waals surface area contributed by atoms with Crippen LogP contribution in [-0.4, -0.2) is 62.6 Å². The van der Waals surface area contributed by atoms with E-state index in [9.17, 15) is 0 Å². The first kappa shape index (κ1) is 23.0. The summed E-state index contributed by atoms with van der Waals surface area (Å²) in [7, 11) is 3.80. The van der Waals surface area contributed by atoms with Crippen molar-refractivity contribution in [2.75, 3.05) is 46.9 Å². The van der Waals surface area contributed by atoms with Gasteiger partial charge in [-0.15, -0.1) is 24.0 Å². The third-order valence-electron chi connectivity index (χ3n) is 4.68. The zero-order valence-electron chi connectivity index (χ0n) is 16.7. The molecule has 0 bridgehead atoms. The van der Waals surface area contributed by atoms with Gasteiger partial charge in [0.05, 0.1) is 7.11 Å². The van der Waals surface area contributed by atoms with Gasteiger partial charge in [0.15, 0.2) is 5.96 Å². The number of likely N-dealkylation sites (tertiary alicyclic amines) is 1. The highest BCUT2D eigenvalue weighted by molar-refractivity contribution is 14.0. The van der Waals surface area contributed by atoms with Crippen molar-refractivity contribution in [1.82, 2.24) is 15.1 Å². The monoisotopic (exact) mass is 474 g/mol. The van der Waals surface area contributed by atoms with E-state index in [1.54, 1.807) is 7.11 Å². The van der Waals surface area contributed by atoms with Crippen LogP contribution in [0.4, 0.5) is 0 Å². The number of ether oxygens (including phenoxy) is 1. The van der Waals surface area contributed by atoms with Crippen molar-refractivity contribution in [3.63, 3.8) is 0 Å². The molecule has 1 aliphatic rings. The molecular formula is C20H35IN4O. The van der Waals surface area contributed by atoms with Crippen molar-refractivity contribution in [3.05, 3.63) is 29.8 Å². The molecule has 0 aromatic heterocycles. The standard InChI is InChI=1S/C20H34N4O.HI/c1-5-12-24-13-11-18(16-24)14-22-20(21-6-2)23(3)15-17-7-9-19(25-4)10-8-17;/h7-10,18H,5-6,11-16H2,1-4H3,(H,21,22);1H. The van der Waals surface area contributed by atoms with Crippen molar-refractivity contribution in [1.29, 1.82) is 0 Å². The second kappa shape index (κ2) is 12.4. The van der Waals surface area contributed by atoms with E-state index in [0.717, 1.165) is 31.3 Å². The number of benzene rings is 1. The molecule has 0 radical (unpaired) electrons. The molecule has 1 unspecified atom stereocenters. The fraction of sp³-hybridized carbons (Fsp3) is 0.650. The maximum atomic E-state index is 5.23. The SMILES string of the molecule is CCCN1CCC(CN=C(NCC)N(C)Cc2ccc(OC)cc2)C1.I. The Balaban J connectivity index is 0.00000338. The normalized spacial score (nSPS) is 17.7. The minimum Gasteiger partial charge on any atom is -0.497 e. The minimum atomic E-state index is 0. The Morgan fingerprint density at radius 3 is 2.65 bits per heavy atom. The van der Waals surface area contributed by atoms with Crippen LogP contribution in [0.2, 0.25) is 0 Å². The number of halogens is 1. The summed E-state index contributed by atoms with van der Waals surface area (Å²) in [5.74, 6) is 2.58. The summed E-state index contributed by atoms with van der Waals surface area (Å²) in [6, 6.07) is 8.24. The molecule has 1 heterocycles. The van der Waals surface area contributed by atoms with Crippen molar-refractivity contribution in [2.45, 2.75) is 33.2 Å². The zero-order valence-corrected chi connectivity index (χ0v) is 19.0. The lowest BCUT2D eigenvalue weighted by Crippen LogP contribution is -2.39. The fourth-order valence-electron chi connectivity index (χ4n) is 3.35. The quantitative estimate of drug-likeness (QED) is 0.356. The Kier molecular flexibility index (Phi) is 11.0. The molecule has 1 atom stereocenters. The third-order valence-corrected chi connectivity index (χ3v) is 4.68. The van der Waals surface area contributed by atoms with Gasteiger partial charge < -0.3 is 19.9 Å². The van der Waals surface area contributed by atoms with E-state index >= 15 is 0 Å². The average Bonchev–Trinajstić information content (AvgIpc) is 3.07. The van der Waals surface area contributed by atoms with Gasteiger partial charge in [-0.1, -0.05) is 19.1 Å². The van der Waals surface area contributed by atoms with Crippen molar-refractivity contribution in [2.24, 2.45) is 10.9 Å². The molecule has 0 amide bonds. The summed E-state index contributed by atoms with van der Waals surface area (Å²) in [6.07, 6.45) is 2.51. The van der Waals surface area contributed by atoms with Gasteiger partial charge in [0.1, 0.15) is 5.75 Å². The minimum absolute atomic E-state index is 0. The lowest BCUT2D eigenvalue weighted by Gasteiger charge is -2.23. The molecule has 2 rings (SSSR count). The van der Waals surface area contributed by atoms with Gasteiger partial charge in [0.25, 0.3) is 0 Å². The summed E-state index contributed by atoms with van der Waals surface area (Å²) in [4.78, 5) is 9.66. The molecule has 0 spiro atoms. The number of aliphatic imine (C=N–C) groups is 1. The number of methoxy groups -OCH3 is 1. The Bertz CT molecular complexity index is 535. The van der Waals surface area contributed by atoms with Crippen molar-refractivity contribution in [3.8, 4) is 5.75 Å². The van der Waals surface area contributed by atoms with Crippen LogP contribution in [0, 0.1) is 5.92 Å². The van der Waals surface area contributed by atoms with Gasteiger partial charge in [-0.25, -0.2) is 0 Å². The smallest absolute Gasteiger partial charge is 0.193 e. The van der Waals surface area contributed by atoms with Crippen LogP contribution in [0.15, 0.2) is 29.3 Å². The third kappa shape index (κ3) is 7.31. The maximum Gasteiger partial charge on any atom is 0.193 e. The van der Waals surface area contributed by atoms with Gasteiger partial charge in [-0.2, -0.15) is 0 Å². The van der Waals surface area contributed by atoms with E-state index in [1.165, 1.54) is 38.0 Å². The van der Waals surface area contributed by atoms with E-state index in [2.05, 4.69) is 48.1 Å². The van der Waals surface area contributed by atoms with E-state index in [-0.39, 0.29) is 24.0 Å². The Morgan fingerprint density at radius 1 is 1.31 bits per heavy atom. The van der Waals surface area contributed by atoms with E-state index < -0.39 is 0 Å². The van der Waals surface area contributed by atoms with E-state index in [0.29, 0.717) is 5.92 Å². The van der Waals surface area contributed by atoms with Crippen molar-refractivity contribution < 1.29 is 4.74 Å². The van der Waals surface area contributed by atoms with Crippen LogP contribution in [0.25, 0.3) is 0 Å². The van der Waals surface area contributed by atoms with Crippen molar-refractivity contribution >= 4 is 29.9 Å². The van der Waals surface area contributed by atoms with Crippen LogP contribution in [0.3, 0.4) is 0 Å². The molecule has 1 saturated heterocycles. The number of hydrogen-bond donors (Lipinski definition) is 1. The first-order valence-corrected chi connectivity index (χ1v) is 9.51. The molecule has 5 nitrogen and oxygen atoms in total. The molecule has 1 aromatic carbocycles. The molecule has 0 aliphatic carbocycles. The number of rotatable bonds is 8. The maximum absolute atomic E-state index is 5.23. The Morgan fingerprint density at radius 2 is 2.04 bits per heavy atom. The van der Waals surface area contributed by atoms with Crippen LogP contribution in [0.1, 0.15) is 32.3 Å². The predicted molar refractivity (Wildman–Crippen MR) is 121 cm³/mol. The number of nitrogens with one attached hydrogen (secondary N) is 1. The summed E-state index contributed by atoms with van der Waals surface area (Å²) in [5.41, 5.74) is 1.25. The molecule has 1 fully saturated rings. The molecular weight excluding hydrogens is 439 g/mol. The Hall–Kier alpha value is -1.02. The largest absolute Gasteiger partial charge is 0.497 e. The fourth-order valence-corrected chi connectivity index (χ4v) is 3.35. The van der Waals surface area contributed by atoms with Gasteiger partial charge in [0.2, 0.25) is 0 Å². The van der Waals surface area contributed by atoms with Gasteiger partial charge in [-0.3, -0.25) is 4.99 Å². The molecule has 1 N–H and O–H groups in total. The predicted octanol–water partition coefficient (Wildman–Crippen LogP) is 3.44. The molecule has 6 heteroatoms. The number of guanidine groups is 1. The van der Waals surface area contributed by atoms with Gasteiger partial charge >= 0.3 is 0 Å². The Labute approximate surface area is 176 Å². The summed E-state index contributed by atoms with van der Waals surface area (Å²) >= 11 is 0. The topological polar surface area (TPSA) is 40.1 Å². The summed E-state index contributed by atoms with van der Waals surface area (Å²) in [5, 5.41) is 3.42. The molecule has 0 saturated carbocycles. The van der Waals surface area contributed by atoms with Crippen LogP contribution in [-0.2, 0) is 6.54 Å². The molecule has 148 valence electrons. The van der Waals surface area contributed by atoms with Crippen LogP contribution < -0.4 is 10.1 Å². The second-order valence-corrected chi connectivity index (χ2v) is 6.85. The summed E-state index contributed by atoms with van der Waals surface area (Å²) in [6.45, 7) is 10.7.